The summed E-state index contributed by atoms with van der Waals surface area (Å²) in [6.45, 7) is 3.54. The Bertz CT molecular complexity index is 117. The van der Waals surface area contributed by atoms with Crippen LogP contribution >= 0.6 is 0 Å². The molecule has 0 saturated carbocycles. The van der Waals surface area contributed by atoms with Crippen LogP contribution in [0.3, 0.4) is 0 Å². The average molecular weight is 175 g/mol. The summed E-state index contributed by atoms with van der Waals surface area (Å²) < 4.78 is 9.83. The van der Waals surface area contributed by atoms with Crippen molar-refractivity contribution in [3.8, 4) is 0 Å². The van der Waals surface area contributed by atoms with Crippen LogP contribution in [0.4, 0.5) is 0 Å². The van der Waals surface area contributed by atoms with E-state index in [1.54, 1.807) is 0 Å². The summed E-state index contributed by atoms with van der Waals surface area (Å²) in [6.07, 6.45) is 2.16. The van der Waals surface area contributed by atoms with Gasteiger partial charge in [-0.2, -0.15) is 0 Å². The fourth-order valence-corrected chi connectivity index (χ4v) is 0.622. The molecule has 0 heterocycles. The molecule has 0 aromatic carbocycles. The molecule has 0 bridgehead atoms. The van der Waals surface area contributed by atoms with Crippen molar-refractivity contribution < 1.29 is 14.3 Å². The van der Waals surface area contributed by atoms with Gasteiger partial charge in [-0.05, 0) is 6.42 Å². The number of carbonyl (C=O) groups excluding carboxylic acids is 1. The fourth-order valence-electron chi connectivity index (χ4n) is 0.622. The number of nitrogens with two attached hydrogens (primary N) is 1. The lowest BCUT2D eigenvalue weighted by Crippen LogP contribution is -2.19. The molecule has 72 valence electrons. The number of ether oxygens (including phenoxy) is 2. The topological polar surface area (TPSA) is 61.5 Å². The molecule has 4 nitrogen and oxygen atoms in total. The Balaban J connectivity index is 2.95. The standard InChI is InChI=1S/C8H17NO3/c1-2-3-4-11-5-6-12-8(10)7-9/h2-7,9H2,1H3. The van der Waals surface area contributed by atoms with Gasteiger partial charge in [-0.25, -0.2) is 0 Å². The van der Waals surface area contributed by atoms with E-state index in [2.05, 4.69) is 11.7 Å². The van der Waals surface area contributed by atoms with Crippen molar-refractivity contribution in [2.75, 3.05) is 26.4 Å². The molecule has 0 amide bonds. The smallest absolute Gasteiger partial charge is 0.319 e. The molecule has 12 heavy (non-hydrogen) atoms. The predicted octanol–water partition coefficient (Wildman–Crippen LogP) is 0.305. The van der Waals surface area contributed by atoms with Gasteiger partial charge in [0.05, 0.1) is 13.2 Å². The minimum atomic E-state index is -0.380. The van der Waals surface area contributed by atoms with Crippen molar-refractivity contribution >= 4 is 5.97 Å². The van der Waals surface area contributed by atoms with E-state index in [0.717, 1.165) is 19.4 Å². The third kappa shape index (κ3) is 7.50. The molecule has 0 aromatic rings. The van der Waals surface area contributed by atoms with E-state index in [0.29, 0.717) is 13.2 Å². The van der Waals surface area contributed by atoms with Gasteiger partial charge >= 0.3 is 5.97 Å². The molecule has 2 N–H and O–H groups in total. The van der Waals surface area contributed by atoms with Crippen LogP contribution in [0.5, 0.6) is 0 Å². The molecule has 0 rings (SSSR count). The lowest BCUT2D eigenvalue weighted by atomic mass is 10.4. The molecule has 0 aliphatic carbocycles. The van der Waals surface area contributed by atoms with Crippen molar-refractivity contribution in [2.45, 2.75) is 19.8 Å². The van der Waals surface area contributed by atoms with Gasteiger partial charge in [0.1, 0.15) is 6.61 Å². The predicted molar refractivity (Wildman–Crippen MR) is 45.7 cm³/mol. The zero-order valence-corrected chi connectivity index (χ0v) is 7.54. The molecule has 0 aliphatic rings. The van der Waals surface area contributed by atoms with E-state index in [-0.39, 0.29) is 12.5 Å². The van der Waals surface area contributed by atoms with Crippen molar-refractivity contribution in [3.05, 3.63) is 0 Å². The SMILES string of the molecule is CCCCOCCOC(=O)CN. The van der Waals surface area contributed by atoms with E-state index in [4.69, 9.17) is 10.5 Å². The van der Waals surface area contributed by atoms with Crippen molar-refractivity contribution in [3.63, 3.8) is 0 Å². The first-order valence-electron chi connectivity index (χ1n) is 4.24. The van der Waals surface area contributed by atoms with Crippen LogP contribution in [0.15, 0.2) is 0 Å². The van der Waals surface area contributed by atoms with E-state index in [1.807, 2.05) is 0 Å². The Morgan fingerprint density at radius 3 is 2.67 bits per heavy atom. The Hall–Kier alpha value is -0.610. The average Bonchev–Trinajstić information content (AvgIpc) is 2.10. The highest BCUT2D eigenvalue weighted by Gasteiger charge is 1.96. The largest absolute Gasteiger partial charge is 0.462 e. The second-order valence-corrected chi connectivity index (χ2v) is 2.39. The van der Waals surface area contributed by atoms with E-state index in [9.17, 15) is 4.79 Å². The second-order valence-electron chi connectivity index (χ2n) is 2.39. The van der Waals surface area contributed by atoms with E-state index >= 15 is 0 Å². The van der Waals surface area contributed by atoms with Gasteiger partial charge in [0.15, 0.2) is 0 Å². The van der Waals surface area contributed by atoms with Crippen LogP contribution in [0.2, 0.25) is 0 Å². The second kappa shape index (κ2) is 8.49. The molecule has 0 saturated heterocycles. The molecule has 0 unspecified atom stereocenters. The van der Waals surface area contributed by atoms with Crippen LogP contribution in [-0.2, 0) is 14.3 Å². The Morgan fingerprint density at radius 1 is 1.33 bits per heavy atom. The van der Waals surface area contributed by atoms with Crippen LogP contribution < -0.4 is 5.73 Å². The maximum absolute atomic E-state index is 10.5. The third-order valence-corrected chi connectivity index (χ3v) is 1.30. The summed E-state index contributed by atoms with van der Waals surface area (Å²) in [4.78, 5) is 10.5. The molecule has 0 aromatic heterocycles. The van der Waals surface area contributed by atoms with Crippen LogP contribution in [-0.4, -0.2) is 32.3 Å². The van der Waals surface area contributed by atoms with Crippen molar-refractivity contribution in [2.24, 2.45) is 5.73 Å². The lowest BCUT2D eigenvalue weighted by Gasteiger charge is -2.03. The summed E-state index contributed by atoms with van der Waals surface area (Å²) in [6, 6.07) is 0. The Morgan fingerprint density at radius 2 is 2.08 bits per heavy atom. The number of hydrogen-bond acceptors (Lipinski definition) is 4. The number of esters is 1. The number of rotatable bonds is 7. The summed E-state index contributed by atoms with van der Waals surface area (Å²) in [5.74, 6) is -0.380. The maximum Gasteiger partial charge on any atom is 0.319 e. The van der Waals surface area contributed by atoms with E-state index in [1.165, 1.54) is 0 Å². The summed E-state index contributed by atoms with van der Waals surface area (Å²) in [5.41, 5.74) is 5.02. The fraction of sp³-hybridized carbons (Fsp3) is 0.875. The van der Waals surface area contributed by atoms with Crippen LogP contribution in [0, 0.1) is 0 Å². The summed E-state index contributed by atoms with van der Waals surface area (Å²) in [7, 11) is 0. The van der Waals surface area contributed by atoms with Crippen LogP contribution in [0.1, 0.15) is 19.8 Å². The molecular weight excluding hydrogens is 158 g/mol. The van der Waals surface area contributed by atoms with Crippen molar-refractivity contribution in [1.29, 1.82) is 0 Å². The minimum absolute atomic E-state index is 0.0606. The lowest BCUT2D eigenvalue weighted by molar-refractivity contribution is -0.143. The molecule has 0 radical (unpaired) electrons. The first kappa shape index (κ1) is 11.4. The molecule has 0 spiro atoms. The van der Waals surface area contributed by atoms with Gasteiger partial charge in [-0.1, -0.05) is 13.3 Å². The molecule has 4 heteroatoms. The normalized spacial score (nSPS) is 9.83. The number of carbonyl (C=O) groups is 1. The van der Waals surface area contributed by atoms with Crippen LogP contribution in [0.25, 0.3) is 0 Å². The Kier molecular flexibility index (Phi) is 8.05. The zero-order valence-electron chi connectivity index (χ0n) is 7.54. The van der Waals surface area contributed by atoms with Gasteiger partial charge in [0, 0.05) is 6.61 Å². The zero-order chi connectivity index (χ0) is 9.23. The number of unbranched alkanes of at least 4 members (excludes halogenated alkanes) is 1. The van der Waals surface area contributed by atoms with Gasteiger partial charge in [0.2, 0.25) is 0 Å². The monoisotopic (exact) mass is 175 g/mol. The first-order chi connectivity index (χ1) is 5.81. The highest BCUT2D eigenvalue weighted by molar-refractivity contribution is 5.71. The maximum atomic E-state index is 10.5. The van der Waals surface area contributed by atoms with Gasteiger partial charge in [-0.15, -0.1) is 0 Å². The quantitative estimate of drug-likeness (QED) is 0.446. The number of hydrogen-bond donors (Lipinski definition) is 1. The third-order valence-electron chi connectivity index (χ3n) is 1.30. The highest BCUT2D eigenvalue weighted by atomic mass is 16.6. The van der Waals surface area contributed by atoms with Gasteiger partial charge in [0.25, 0.3) is 0 Å². The van der Waals surface area contributed by atoms with Gasteiger partial charge < -0.3 is 15.2 Å². The molecule has 0 atom stereocenters. The molecule has 0 aliphatic heterocycles. The molecular formula is C8H17NO3. The molecule has 0 fully saturated rings. The highest BCUT2D eigenvalue weighted by Crippen LogP contribution is 1.87. The summed E-state index contributed by atoms with van der Waals surface area (Å²) in [5, 5.41) is 0. The minimum Gasteiger partial charge on any atom is -0.462 e. The Labute approximate surface area is 73.0 Å². The first-order valence-corrected chi connectivity index (χ1v) is 4.24. The van der Waals surface area contributed by atoms with Gasteiger partial charge in [-0.3, -0.25) is 4.79 Å². The van der Waals surface area contributed by atoms with E-state index < -0.39 is 0 Å². The van der Waals surface area contributed by atoms with Crippen molar-refractivity contribution in [1.82, 2.24) is 0 Å². The summed E-state index contributed by atoms with van der Waals surface area (Å²) >= 11 is 0.